The summed E-state index contributed by atoms with van der Waals surface area (Å²) in [4.78, 5) is 16.3. The molecule has 0 aliphatic carbocycles. The van der Waals surface area contributed by atoms with Crippen molar-refractivity contribution in [1.29, 1.82) is 0 Å². The Labute approximate surface area is 148 Å². The molecule has 4 rings (SSSR count). The molecule has 8 heteroatoms. The van der Waals surface area contributed by atoms with Gasteiger partial charge in [-0.3, -0.25) is 4.79 Å². The molecule has 0 aliphatic heterocycles. The third-order valence-corrected chi connectivity index (χ3v) is 3.64. The van der Waals surface area contributed by atoms with Crippen molar-refractivity contribution in [3.8, 4) is 17.2 Å². The monoisotopic (exact) mass is 346 g/mol. The molecular weight excluding hydrogens is 332 g/mol. The molecule has 4 aromatic rings. The van der Waals surface area contributed by atoms with Crippen LogP contribution in [-0.2, 0) is 0 Å². The Bertz CT molecular complexity index is 1050. The number of aryl methyl sites for hydroxylation is 1. The number of nitrogens with zero attached hydrogens (tertiary/aromatic N) is 5. The van der Waals surface area contributed by atoms with E-state index in [1.807, 2.05) is 55.5 Å². The Balaban J connectivity index is 1.53. The molecule has 26 heavy (non-hydrogen) atoms. The molecule has 128 valence electrons. The molecule has 0 spiro atoms. The first-order valence-corrected chi connectivity index (χ1v) is 7.89. The summed E-state index contributed by atoms with van der Waals surface area (Å²) in [5, 5.41) is 14.6. The normalized spacial score (nSPS) is 10.7. The highest BCUT2D eigenvalue weighted by molar-refractivity contribution is 6.01. The van der Waals surface area contributed by atoms with E-state index in [1.54, 1.807) is 16.9 Å². The van der Waals surface area contributed by atoms with Crippen LogP contribution in [0.1, 0.15) is 16.2 Å². The SMILES string of the molecule is Cc1cccc(NC(=O)c2nc(-c3cn(-c4ccccc4)nn3)no2)c1. The van der Waals surface area contributed by atoms with Crippen LogP contribution in [0.5, 0.6) is 0 Å². The highest BCUT2D eigenvalue weighted by Gasteiger charge is 2.18. The fourth-order valence-corrected chi connectivity index (χ4v) is 2.40. The van der Waals surface area contributed by atoms with Crippen LogP contribution in [0.15, 0.2) is 65.3 Å². The number of anilines is 1. The van der Waals surface area contributed by atoms with Crippen molar-refractivity contribution in [3.05, 3.63) is 72.2 Å². The third kappa shape index (κ3) is 3.20. The number of nitrogens with one attached hydrogen (secondary N) is 1. The molecule has 2 aromatic heterocycles. The summed E-state index contributed by atoms with van der Waals surface area (Å²) in [6.07, 6.45) is 1.67. The van der Waals surface area contributed by atoms with Gasteiger partial charge in [0.2, 0.25) is 5.82 Å². The summed E-state index contributed by atoms with van der Waals surface area (Å²) in [6, 6.07) is 16.9. The van der Waals surface area contributed by atoms with Gasteiger partial charge in [-0.05, 0) is 36.8 Å². The van der Waals surface area contributed by atoms with Crippen molar-refractivity contribution >= 4 is 11.6 Å². The van der Waals surface area contributed by atoms with Crippen LogP contribution in [0.2, 0.25) is 0 Å². The van der Waals surface area contributed by atoms with Crippen molar-refractivity contribution in [2.45, 2.75) is 6.92 Å². The van der Waals surface area contributed by atoms with E-state index < -0.39 is 5.91 Å². The summed E-state index contributed by atoms with van der Waals surface area (Å²) in [5.74, 6) is -0.429. The molecule has 1 N–H and O–H groups in total. The number of carbonyl (C=O) groups is 1. The average Bonchev–Trinajstić information content (AvgIpc) is 3.32. The Kier molecular flexibility index (Phi) is 3.98. The number of carbonyl (C=O) groups excluding carboxylic acids is 1. The van der Waals surface area contributed by atoms with E-state index in [-0.39, 0.29) is 11.7 Å². The Hall–Kier alpha value is -3.81. The first-order valence-electron chi connectivity index (χ1n) is 7.89. The summed E-state index contributed by atoms with van der Waals surface area (Å²) < 4.78 is 6.64. The van der Waals surface area contributed by atoms with Gasteiger partial charge in [0.05, 0.1) is 11.9 Å². The Morgan fingerprint density at radius 1 is 1.12 bits per heavy atom. The first-order chi connectivity index (χ1) is 12.7. The van der Waals surface area contributed by atoms with Gasteiger partial charge in [0.25, 0.3) is 0 Å². The van der Waals surface area contributed by atoms with E-state index in [9.17, 15) is 4.79 Å². The highest BCUT2D eigenvalue weighted by atomic mass is 16.5. The van der Waals surface area contributed by atoms with E-state index in [1.165, 1.54) is 0 Å². The largest absolute Gasteiger partial charge is 0.328 e. The summed E-state index contributed by atoms with van der Waals surface area (Å²) in [7, 11) is 0. The maximum absolute atomic E-state index is 12.2. The standard InChI is InChI=1S/C18H14N6O2/c1-12-6-5-7-13(10-12)19-17(25)18-20-16(22-26-18)15-11-24(23-21-15)14-8-3-2-4-9-14/h2-11H,1H3,(H,19,25). The summed E-state index contributed by atoms with van der Waals surface area (Å²) >= 11 is 0. The molecule has 0 unspecified atom stereocenters. The molecule has 0 saturated carbocycles. The molecule has 0 fully saturated rings. The zero-order valence-corrected chi connectivity index (χ0v) is 13.8. The second kappa shape index (κ2) is 6.60. The quantitative estimate of drug-likeness (QED) is 0.610. The van der Waals surface area contributed by atoms with Crippen molar-refractivity contribution in [2.75, 3.05) is 5.32 Å². The van der Waals surface area contributed by atoms with E-state index in [0.29, 0.717) is 11.4 Å². The zero-order chi connectivity index (χ0) is 17.9. The molecule has 0 radical (unpaired) electrons. The van der Waals surface area contributed by atoms with Crippen molar-refractivity contribution < 1.29 is 9.32 Å². The molecule has 0 atom stereocenters. The average molecular weight is 346 g/mol. The van der Waals surface area contributed by atoms with Crippen LogP contribution in [0.25, 0.3) is 17.2 Å². The molecule has 8 nitrogen and oxygen atoms in total. The van der Waals surface area contributed by atoms with Crippen LogP contribution in [-0.4, -0.2) is 31.0 Å². The fraction of sp³-hybridized carbons (Fsp3) is 0.0556. The van der Waals surface area contributed by atoms with Gasteiger partial charge >= 0.3 is 11.8 Å². The van der Waals surface area contributed by atoms with Crippen molar-refractivity contribution in [3.63, 3.8) is 0 Å². The molecule has 0 bridgehead atoms. The second-order valence-electron chi connectivity index (χ2n) is 5.63. The van der Waals surface area contributed by atoms with E-state index in [4.69, 9.17) is 4.52 Å². The van der Waals surface area contributed by atoms with Crippen LogP contribution in [0.3, 0.4) is 0 Å². The highest BCUT2D eigenvalue weighted by Crippen LogP contribution is 2.16. The number of amides is 1. The van der Waals surface area contributed by atoms with Gasteiger partial charge in [0.15, 0.2) is 5.69 Å². The van der Waals surface area contributed by atoms with Crippen LogP contribution in [0, 0.1) is 6.92 Å². The molecule has 0 saturated heterocycles. The minimum atomic E-state index is -0.482. The van der Waals surface area contributed by atoms with E-state index in [2.05, 4.69) is 25.8 Å². The molecule has 2 aromatic carbocycles. The lowest BCUT2D eigenvalue weighted by Gasteiger charge is -2.02. The van der Waals surface area contributed by atoms with Gasteiger partial charge in [-0.25, -0.2) is 4.68 Å². The lowest BCUT2D eigenvalue weighted by Crippen LogP contribution is -2.12. The van der Waals surface area contributed by atoms with Gasteiger partial charge in [-0.2, -0.15) is 4.98 Å². The van der Waals surface area contributed by atoms with Gasteiger partial charge in [0.1, 0.15) is 0 Å². The number of aromatic nitrogens is 5. The minimum Gasteiger partial charge on any atom is -0.328 e. The topological polar surface area (TPSA) is 98.7 Å². The number of para-hydroxylation sites is 1. The van der Waals surface area contributed by atoms with Crippen LogP contribution < -0.4 is 5.32 Å². The molecule has 0 aliphatic rings. The summed E-state index contributed by atoms with van der Waals surface area (Å²) in [5.41, 5.74) is 2.95. The number of benzene rings is 2. The number of hydrogen-bond acceptors (Lipinski definition) is 6. The Morgan fingerprint density at radius 3 is 2.77 bits per heavy atom. The lowest BCUT2D eigenvalue weighted by atomic mass is 10.2. The first kappa shape index (κ1) is 15.7. The molecule has 1 amide bonds. The van der Waals surface area contributed by atoms with Gasteiger partial charge < -0.3 is 9.84 Å². The number of hydrogen-bond donors (Lipinski definition) is 1. The lowest BCUT2D eigenvalue weighted by molar-refractivity contribution is 0.0981. The predicted octanol–water partition coefficient (Wildman–Crippen LogP) is 2.88. The van der Waals surface area contributed by atoms with E-state index in [0.717, 1.165) is 11.3 Å². The number of rotatable bonds is 4. The molecular formula is C18H14N6O2. The predicted molar refractivity (Wildman–Crippen MR) is 93.8 cm³/mol. The van der Waals surface area contributed by atoms with Gasteiger partial charge in [-0.15, -0.1) is 5.10 Å². The maximum atomic E-state index is 12.2. The minimum absolute atomic E-state index is 0.143. The van der Waals surface area contributed by atoms with Crippen LogP contribution >= 0.6 is 0 Å². The molecule has 2 heterocycles. The van der Waals surface area contributed by atoms with Crippen molar-refractivity contribution in [1.82, 2.24) is 25.1 Å². The van der Waals surface area contributed by atoms with Crippen molar-refractivity contribution in [2.24, 2.45) is 0 Å². The van der Waals surface area contributed by atoms with Crippen LogP contribution in [0.4, 0.5) is 5.69 Å². The summed E-state index contributed by atoms with van der Waals surface area (Å²) in [6.45, 7) is 1.94. The smallest absolute Gasteiger partial charge is 0.316 e. The fourth-order valence-electron chi connectivity index (χ4n) is 2.40. The third-order valence-electron chi connectivity index (χ3n) is 3.64. The Morgan fingerprint density at radius 2 is 1.96 bits per heavy atom. The second-order valence-corrected chi connectivity index (χ2v) is 5.63. The van der Waals surface area contributed by atoms with E-state index >= 15 is 0 Å². The maximum Gasteiger partial charge on any atom is 0.316 e. The van der Waals surface area contributed by atoms with Gasteiger partial charge in [0, 0.05) is 5.69 Å². The van der Waals surface area contributed by atoms with Gasteiger partial charge in [-0.1, -0.05) is 40.7 Å². The zero-order valence-electron chi connectivity index (χ0n) is 13.8.